The lowest BCUT2D eigenvalue weighted by molar-refractivity contribution is 0.590. The first-order chi connectivity index (χ1) is 5.00. The summed E-state index contributed by atoms with van der Waals surface area (Å²) in [7, 11) is 0. The van der Waals surface area contributed by atoms with E-state index >= 15 is 0 Å². The van der Waals surface area contributed by atoms with E-state index in [0.29, 0.717) is 0 Å². The minimum Gasteiger partial charge on any atom is -0.0575 e. The predicted octanol–water partition coefficient (Wildman–Crippen LogP) is 3.59. The Labute approximate surface area is 82.2 Å². The summed E-state index contributed by atoms with van der Waals surface area (Å²) in [6.07, 6.45) is 0. The van der Waals surface area contributed by atoms with Gasteiger partial charge in [0, 0.05) is 3.57 Å². The van der Waals surface area contributed by atoms with Gasteiger partial charge >= 0.3 is 0 Å². The SMILES string of the molecule is CC(C)(C)c1ccc([123I])cc1. The normalized spacial score (nSPS) is 11.6. The number of hydrogen-bond acceptors (Lipinski definition) is 0. The molecule has 0 heterocycles. The molecule has 1 heteroatoms. The van der Waals surface area contributed by atoms with Gasteiger partial charge in [0.1, 0.15) is 0 Å². The molecule has 0 aliphatic heterocycles. The van der Waals surface area contributed by atoms with Crippen molar-refractivity contribution in [2.45, 2.75) is 26.2 Å². The first-order valence-electron chi connectivity index (χ1n) is 3.76. The molecule has 0 bridgehead atoms. The van der Waals surface area contributed by atoms with Gasteiger partial charge in [-0.05, 0) is 45.7 Å². The fraction of sp³-hybridized carbons (Fsp3) is 0.400. The molecule has 1 rings (SSSR count). The third kappa shape index (κ3) is 2.47. The predicted molar refractivity (Wildman–Crippen MR) is 57.9 cm³/mol. The molecule has 1 aromatic rings. The quantitative estimate of drug-likeness (QED) is 0.622. The molecule has 0 N–H and O–H groups in total. The lowest BCUT2D eigenvalue weighted by Gasteiger charge is -2.18. The summed E-state index contributed by atoms with van der Waals surface area (Å²) in [6.45, 7) is 6.69. The van der Waals surface area contributed by atoms with E-state index in [2.05, 4.69) is 67.6 Å². The van der Waals surface area contributed by atoms with Gasteiger partial charge in [-0.15, -0.1) is 0 Å². The van der Waals surface area contributed by atoms with Crippen molar-refractivity contribution in [2.24, 2.45) is 0 Å². The Balaban J connectivity index is 2.99. The van der Waals surface area contributed by atoms with Crippen LogP contribution in [0.3, 0.4) is 0 Å². The second kappa shape index (κ2) is 3.13. The van der Waals surface area contributed by atoms with Crippen LogP contribution in [0.4, 0.5) is 0 Å². The standard InChI is InChI=1S/C10H13I/c1-10(2,3)8-4-6-9(11)7-5-8/h4-7H,1-3H3/i11-4. The van der Waals surface area contributed by atoms with Crippen LogP contribution in [-0.2, 0) is 5.41 Å². The van der Waals surface area contributed by atoms with E-state index in [1.54, 1.807) is 0 Å². The molecule has 0 saturated carbocycles. The summed E-state index contributed by atoms with van der Waals surface area (Å²) < 4.78 is 1.30. The molecular formula is C10H13I. The molecule has 0 saturated heterocycles. The maximum absolute atomic E-state index is 2.32. The highest BCUT2D eigenvalue weighted by atomic mass is 123. The van der Waals surface area contributed by atoms with Crippen LogP contribution in [0.25, 0.3) is 0 Å². The molecule has 0 aliphatic carbocycles. The second-order valence-electron chi connectivity index (χ2n) is 3.76. The fourth-order valence-corrected chi connectivity index (χ4v) is 1.31. The van der Waals surface area contributed by atoms with Crippen molar-refractivity contribution in [3.63, 3.8) is 0 Å². The molecule has 11 heavy (non-hydrogen) atoms. The van der Waals surface area contributed by atoms with Crippen LogP contribution in [0.15, 0.2) is 24.3 Å². The molecule has 1 aromatic carbocycles. The molecule has 0 aliphatic rings. The Morgan fingerprint density at radius 2 is 1.45 bits per heavy atom. The van der Waals surface area contributed by atoms with Crippen molar-refractivity contribution in [3.8, 4) is 0 Å². The molecule has 0 radical (unpaired) electrons. The van der Waals surface area contributed by atoms with Gasteiger partial charge in [0.05, 0.1) is 0 Å². The average Bonchev–Trinajstić information content (AvgIpc) is 1.86. The Morgan fingerprint density at radius 3 is 1.82 bits per heavy atom. The van der Waals surface area contributed by atoms with E-state index < -0.39 is 0 Å². The van der Waals surface area contributed by atoms with Crippen molar-refractivity contribution in [3.05, 3.63) is 33.4 Å². The first kappa shape index (κ1) is 9.04. The van der Waals surface area contributed by atoms with Crippen molar-refractivity contribution in [2.75, 3.05) is 0 Å². The van der Waals surface area contributed by atoms with Crippen LogP contribution in [0.1, 0.15) is 26.3 Å². The molecule has 0 spiro atoms. The van der Waals surface area contributed by atoms with Gasteiger partial charge in [-0.2, -0.15) is 0 Å². The molecule has 0 nitrogen and oxygen atoms in total. The highest BCUT2D eigenvalue weighted by Gasteiger charge is 2.11. The molecule has 0 atom stereocenters. The summed E-state index contributed by atoms with van der Waals surface area (Å²) in [5, 5.41) is 0. The largest absolute Gasteiger partial charge is 0.0575 e. The Morgan fingerprint density at radius 1 is 1.00 bits per heavy atom. The van der Waals surface area contributed by atoms with Crippen LogP contribution in [0.2, 0.25) is 0 Å². The summed E-state index contributed by atoms with van der Waals surface area (Å²) >= 11 is 2.32. The van der Waals surface area contributed by atoms with E-state index in [4.69, 9.17) is 0 Å². The third-order valence-electron chi connectivity index (χ3n) is 1.71. The van der Waals surface area contributed by atoms with Gasteiger partial charge in [-0.3, -0.25) is 0 Å². The zero-order valence-corrected chi connectivity index (χ0v) is 9.34. The van der Waals surface area contributed by atoms with E-state index in [9.17, 15) is 0 Å². The van der Waals surface area contributed by atoms with Gasteiger partial charge in [0.2, 0.25) is 0 Å². The lowest BCUT2D eigenvalue weighted by atomic mass is 9.87. The Hall–Kier alpha value is -0.0500. The van der Waals surface area contributed by atoms with Crippen molar-refractivity contribution in [1.82, 2.24) is 0 Å². The first-order valence-corrected chi connectivity index (χ1v) is 4.84. The van der Waals surface area contributed by atoms with E-state index in [1.165, 1.54) is 9.13 Å². The number of hydrogen-bond donors (Lipinski definition) is 0. The highest BCUT2D eigenvalue weighted by molar-refractivity contribution is 14.1. The van der Waals surface area contributed by atoms with Crippen LogP contribution < -0.4 is 0 Å². The summed E-state index contributed by atoms with van der Waals surface area (Å²) in [5.74, 6) is 0. The van der Waals surface area contributed by atoms with Crippen molar-refractivity contribution in [1.29, 1.82) is 0 Å². The minimum atomic E-state index is 0.282. The van der Waals surface area contributed by atoms with E-state index in [1.807, 2.05) is 0 Å². The third-order valence-corrected chi connectivity index (χ3v) is 2.43. The fourth-order valence-electron chi connectivity index (χ4n) is 0.950. The summed E-state index contributed by atoms with van der Waals surface area (Å²) in [6, 6.07) is 8.70. The number of rotatable bonds is 0. The number of halogens is 1. The molecule has 0 aromatic heterocycles. The molecule has 0 fully saturated rings. The number of benzene rings is 1. The smallest absolute Gasteiger partial charge is 0.0130 e. The van der Waals surface area contributed by atoms with E-state index in [-0.39, 0.29) is 5.41 Å². The molecule has 0 unspecified atom stereocenters. The van der Waals surface area contributed by atoms with Crippen molar-refractivity contribution >= 4 is 22.6 Å². The minimum absolute atomic E-state index is 0.282. The van der Waals surface area contributed by atoms with Crippen molar-refractivity contribution < 1.29 is 0 Å². The molecular weight excluding hydrogens is 243 g/mol. The summed E-state index contributed by atoms with van der Waals surface area (Å²) in [4.78, 5) is 0. The molecule has 60 valence electrons. The van der Waals surface area contributed by atoms with Gasteiger partial charge in [0.25, 0.3) is 0 Å². The topological polar surface area (TPSA) is 0 Å². The molecule has 0 amide bonds. The van der Waals surface area contributed by atoms with Gasteiger partial charge < -0.3 is 0 Å². The maximum atomic E-state index is 2.32. The zero-order chi connectivity index (χ0) is 8.48. The maximum Gasteiger partial charge on any atom is 0.0130 e. The second-order valence-corrected chi connectivity index (χ2v) is 5.00. The zero-order valence-electron chi connectivity index (χ0n) is 7.19. The van der Waals surface area contributed by atoms with Gasteiger partial charge in [-0.25, -0.2) is 0 Å². The van der Waals surface area contributed by atoms with E-state index in [0.717, 1.165) is 0 Å². The van der Waals surface area contributed by atoms with Crippen LogP contribution in [0.5, 0.6) is 0 Å². The highest BCUT2D eigenvalue weighted by Crippen LogP contribution is 2.22. The lowest BCUT2D eigenvalue weighted by Crippen LogP contribution is -2.10. The van der Waals surface area contributed by atoms with Crippen LogP contribution in [0, 0.1) is 3.57 Å². The summed E-state index contributed by atoms with van der Waals surface area (Å²) in [5.41, 5.74) is 1.68. The van der Waals surface area contributed by atoms with Crippen LogP contribution in [-0.4, -0.2) is 0 Å². The Kier molecular flexibility index (Phi) is 2.58. The monoisotopic (exact) mass is 256 g/mol. The Bertz CT molecular complexity index is 228. The van der Waals surface area contributed by atoms with Gasteiger partial charge in [-0.1, -0.05) is 32.9 Å². The average molecular weight is 256 g/mol. The van der Waals surface area contributed by atoms with Gasteiger partial charge in [0.15, 0.2) is 0 Å². The van der Waals surface area contributed by atoms with Crippen LogP contribution >= 0.6 is 22.6 Å².